The number of para-hydroxylation sites is 2. The van der Waals surface area contributed by atoms with Crippen molar-refractivity contribution in [2.75, 3.05) is 11.9 Å². The quantitative estimate of drug-likeness (QED) is 0.0847. The van der Waals surface area contributed by atoms with Gasteiger partial charge in [-0.3, -0.25) is 4.99 Å². The smallest absolute Gasteiger partial charge is 0.125 e. The fraction of sp³-hybridized carbons (Fsp3) is 0.0500. The zero-order valence-corrected chi connectivity index (χ0v) is 36.4. The minimum atomic E-state index is -0.624. The first-order valence-corrected chi connectivity index (χ1v) is 22.1. The summed E-state index contributed by atoms with van der Waals surface area (Å²) >= 11 is 0. The van der Waals surface area contributed by atoms with Gasteiger partial charge in [-0.25, -0.2) is 0 Å². The third-order valence-corrected chi connectivity index (χ3v) is 13.2. The summed E-state index contributed by atoms with van der Waals surface area (Å²) in [6, 6.07) is 70.1. The minimum absolute atomic E-state index is 0.499. The van der Waals surface area contributed by atoms with Crippen molar-refractivity contribution in [3.05, 3.63) is 259 Å². The van der Waals surface area contributed by atoms with Crippen LogP contribution in [0.1, 0.15) is 29.2 Å². The standard InChI is InChI=1S/C60H47N5/c1-4-6-18-42(5-2)60(43-19-10-7-11-20-43)54-26-17-16-25-49(54)50-33-31-48(40-55(50)60)64(46-29-27-41(28-30-46)59(61)62-3)47-32-35-57-53(39-47)51-34-36-56-52(37-38-63(56)44-21-12-8-13-22-44)58(51)65(57)45-23-14-9-15-24-45/h4-40H,2H2,1,3H3,(H2,61,62)/b6-4-,42-18+. The maximum atomic E-state index is 6.36. The molecule has 0 fully saturated rings. The molecule has 0 saturated carbocycles. The van der Waals surface area contributed by atoms with Crippen LogP contribution in [0.25, 0.3) is 55.2 Å². The van der Waals surface area contributed by atoms with E-state index in [-0.39, 0.29) is 0 Å². The minimum Gasteiger partial charge on any atom is -0.384 e. The summed E-state index contributed by atoms with van der Waals surface area (Å²) in [4.78, 5) is 6.66. The van der Waals surface area contributed by atoms with E-state index in [9.17, 15) is 0 Å². The lowest BCUT2D eigenvalue weighted by Gasteiger charge is -2.35. The molecule has 1 aliphatic carbocycles. The number of benzene rings is 8. The van der Waals surface area contributed by atoms with E-state index in [0.29, 0.717) is 5.84 Å². The Morgan fingerprint density at radius 2 is 1.23 bits per heavy atom. The van der Waals surface area contributed by atoms with Gasteiger partial charge in [-0.15, -0.1) is 0 Å². The Labute approximate surface area is 379 Å². The highest BCUT2D eigenvalue weighted by molar-refractivity contribution is 6.19. The van der Waals surface area contributed by atoms with E-state index in [0.717, 1.165) is 56.0 Å². The number of aromatic nitrogens is 2. The summed E-state index contributed by atoms with van der Waals surface area (Å²) in [5.74, 6) is 0.499. The van der Waals surface area contributed by atoms with E-state index in [1.165, 1.54) is 44.1 Å². The summed E-state index contributed by atoms with van der Waals surface area (Å²) in [7, 11) is 1.73. The highest BCUT2D eigenvalue weighted by Gasteiger charge is 2.46. The summed E-state index contributed by atoms with van der Waals surface area (Å²) in [5, 5.41) is 3.54. The number of nitrogens with zero attached hydrogens (tertiary/aromatic N) is 4. The molecule has 0 aliphatic heterocycles. The van der Waals surface area contributed by atoms with E-state index in [1.807, 2.05) is 6.08 Å². The van der Waals surface area contributed by atoms with Gasteiger partial charge < -0.3 is 19.8 Å². The lowest BCUT2D eigenvalue weighted by molar-refractivity contribution is 0.767. The molecule has 8 aromatic carbocycles. The summed E-state index contributed by atoms with van der Waals surface area (Å²) in [6.45, 7) is 6.49. The zero-order valence-electron chi connectivity index (χ0n) is 36.4. The first kappa shape index (κ1) is 39.4. The number of nitrogens with two attached hydrogens (primary N) is 1. The topological polar surface area (TPSA) is 51.5 Å². The number of fused-ring (bicyclic) bond motifs is 8. The second-order valence-electron chi connectivity index (χ2n) is 16.5. The van der Waals surface area contributed by atoms with Crippen molar-refractivity contribution in [3.8, 4) is 22.5 Å². The van der Waals surface area contributed by atoms with Gasteiger partial charge in [-0.05, 0) is 131 Å². The largest absolute Gasteiger partial charge is 0.384 e. The van der Waals surface area contributed by atoms with Crippen LogP contribution in [0, 0.1) is 0 Å². The van der Waals surface area contributed by atoms with Gasteiger partial charge in [0.1, 0.15) is 5.84 Å². The Balaban J connectivity index is 1.18. The molecule has 1 unspecified atom stereocenters. The highest BCUT2D eigenvalue weighted by atomic mass is 15.1. The molecule has 2 N–H and O–H groups in total. The van der Waals surface area contributed by atoms with Crippen LogP contribution in [0.3, 0.4) is 0 Å². The summed E-state index contributed by atoms with van der Waals surface area (Å²) < 4.78 is 4.70. The van der Waals surface area contributed by atoms with E-state index in [4.69, 9.17) is 5.73 Å². The number of rotatable bonds is 10. The van der Waals surface area contributed by atoms with Crippen molar-refractivity contribution in [2.45, 2.75) is 12.3 Å². The van der Waals surface area contributed by atoms with Crippen LogP contribution in [0.5, 0.6) is 0 Å². The van der Waals surface area contributed by atoms with Crippen LogP contribution in [-0.2, 0) is 5.41 Å². The van der Waals surface area contributed by atoms with Crippen LogP contribution in [0.15, 0.2) is 242 Å². The number of hydrogen-bond acceptors (Lipinski definition) is 2. The molecule has 1 atom stereocenters. The van der Waals surface area contributed by atoms with E-state index in [1.54, 1.807) is 7.05 Å². The maximum Gasteiger partial charge on any atom is 0.125 e. The molecule has 2 heterocycles. The van der Waals surface area contributed by atoms with Crippen molar-refractivity contribution in [2.24, 2.45) is 10.7 Å². The van der Waals surface area contributed by atoms with Crippen molar-refractivity contribution in [1.29, 1.82) is 0 Å². The van der Waals surface area contributed by atoms with E-state index < -0.39 is 5.41 Å². The van der Waals surface area contributed by atoms with E-state index >= 15 is 0 Å². The fourth-order valence-corrected chi connectivity index (χ4v) is 10.3. The van der Waals surface area contributed by atoms with Gasteiger partial charge in [0.25, 0.3) is 0 Å². The predicted octanol–water partition coefficient (Wildman–Crippen LogP) is 14.5. The van der Waals surface area contributed by atoms with Gasteiger partial charge in [-0.2, -0.15) is 0 Å². The van der Waals surface area contributed by atoms with Crippen molar-refractivity contribution in [1.82, 2.24) is 9.13 Å². The molecule has 10 aromatic rings. The monoisotopic (exact) mass is 837 g/mol. The van der Waals surface area contributed by atoms with Crippen LogP contribution >= 0.6 is 0 Å². The third-order valence-electron chi connectivity index (χ3n) is 13.2. The second kappa shape index (κ2) is 16.1. The first-order valence-electron chi connectivity index (χ1n) is 22.1. The highest BCUT2D eigenvalue weighted by Crippen LogP contribution is 2.58. The molecule has 0 saturated heterocycles. The number of aliphatic imine (C=N–C) groups is 1. The Morgan fingerprint density at radius 3 is 1.95 bits per heavy atom. The Morgan fingerprint density at radius 1 is 0.600 bits per heavy atom. The molecular formula is C60H47N5. The number of hydrogen-bond donors (Lipinski definition) is 1. The second-order valence-corrected chi connectivity index (χ2v) is 16.5. The van der Waals surface area contributed by atoms with Crippen LogP contribution in [0.4, 0.5) is 17.1 Å². The fourth-order valence-electron chi connectivity index (χ4n) is 10.3. The number of amidine groups is 1. The Hall–Kier alpha value is -8.41. The SMILES string of the molecule is C=C/C(=C\C=C/C)C1(c2ccccc2)c2ccccc2-c2ccc(N(c3ccc(C(N)=NC)cc3)c3ccc4c(c3)c3ccc5c(ccn5-c5ccccc5)c3n4-c3ccccc3)cc21. The van der Waals surface area contributed by atoms with Gasteiger partial charge in [-0.1, -0.05) is 134 Å². The average molecular weight is 838 g/mol. The molecule has 312 valence electrons. The molecule has 0 radical (unpaired) electrons. The third kappa shape index (κ3) is 6.19. The Bertz CT molecular complexity index is 3520. The van der Waals surface area contributed by atoms with E-state index in [2.05, 4.69) is 251 Å². The molecule has 2 aromatic heterocycles. The van der Waals surface area contributed by atoms with Crippen LogP contribution in [0.2, 0.25) is 0 Å². The zero-order chi connectivity index (χ0) is 44.1. The number of allylic oxidation sites excluding steroid dienone is 5. The van der Waals surface area contributed by atoms with Gasteiger partial charge in [0, 0.05) is 63.4 Å². The van der Waals surface area contributed by atoms with Crippen molar-refractivity contribution < 1.29 is 0 Å². The summed E-state index contributed by atoms with van der Waals surface area (Å²) in [5.41, 5.74) is 22.5. The van der Waals surface area contributed by atoms with Gasteiger partial charge in [0.2, 0.25) is 0 Å². The van der Waals surface area contributed by atoms with Crippen molar-refractivity contribution >= 4 is 55.6 Å². The van der Waals surface area contributed by atoms with Crippen LogP contribution < -0.4 is 10.6 Å². The van der Waals surface area contributed by atoms with Crippen LogP contribution in [-0.4, -0.2) is 22.0 Å². The lowest BCUT2D eigenvalue weighted by Crippen LogP contribution is -2.29. The molecule has 65 heavy (non-hydrogen) atoms. The van der Waals surface area contributed by atoms with Crippen molar-refractivity contribution in [3.63, 3.8) is 0 Å². The lowest BCUT2D eigenvalue weighted by atomic mass is 9.67. The molecule has 1 aliphatic rings. The van der Waals surface area contributed by atoms with Gasteiger partial charge in [0.05, 0.1) is 22.0 Å². The number of anilines is 3. The summed E-state index contributed by atoms with van der Waals surface area (Å²) in [6.07, 6.45) is 10.6. The predicted molar refractivity (Wildman–Crippen MR) is 274 cm³/mol. The van der Waals surface area contributed by atoms with Gasteiger partial charge >= 0.3 is 0 Å². The molecule has 5 nitrogen and oxygen atoms in total. The maximum absolute atomic E-state index is 6.36. The normalized spacial score (nSPS) is 14.9. The first-order chi connectivity index (χ1) is 32.0. The van der Waals surface area contributed by atoms with Gasteiger partial charge in [0.15, 0.2) is 0 Å². The molecule has 0 bridgehead atoms. The molecule has 11 rings (SSSR count). The average Bonchev–Trinajstić information content (AvgIpc) is 4.04. The molecule has 0 spiro atoms. The molecule has 0 amide bonds. The molecular weight excluding hydrogens is 791 g/mol. The molecule has 5 heteroatoms. The Kier molecular flexibility index (Phi) is 9.74.